The van der Waals surface area contributed by atoms with E-state index in [0.29, 0.717) is 40.7 Å². The number of amides is 2. The molecular weight excluding hydrogens is 349 g/mol. The summed E-state index contributed by atoms with van der Waals surface area (Å²) >= 11 is 6.10. The Morgan fingerprint density at radius 1 is 1.25 bits per heavy atom. The van der Waals surface area contributed by atoms with E-state index in [0.717, 1.165) is 12.8 Å². The van der Waals surface area contributed by atoms with E-state index >= 15 is 0 Å². The number of hydrogen-bond acceptors (Lipinski definition) is 3. The molecule has 7 heteroatoms. The summed E-state index contributed by atoms with van der Waals surface area (Å²) in [6, 6.07) is 6.14. The molecule has 132 valence electrons. The highest BCUT2D eigenvalue weighted by Gasteiger charge is 2.34. The van der Waals surface area contributed by atoms with E-state index in [2.05, 4.69) is 16.0 Å². The maximum Gasteiger partial charge on any atom is 0.252 e. The van der Waals surface area contributed by atoms with Gasteiger partial charge in [-0.3, -0.25) is 9.59 Å². The number of rotatable bonds is 4. The van der Waals surface area contributed by atoms with Gasteiger partial charge in [-0.05, 0) is 49.8 Å². The molecule has 1 aromatic carbocycles. The van der Waals surface area contributed by atoms with Crippen LogP contribution < -0.4 is 16.0 Å². The quantitative estimate of drug-likeness (QED) is 0.761. The molecule has 2 heterocycles. The molecule has 1 aromatic rings. The molecule has 0 aromatic heterocycles. The van der Waals surface area contributed by atoms with Crippen molar-refractivity contribution in [3.63, 3.8) is 0 Å². The molecule has 2 aliphatic rings. The van der Waals surface area contributed by atoms with Gasteiger partial charge in [-0.1, -0.05) is 11.6 Å². The van der Waals surface area contributed by atoms with Crippen LogP contribution in [-0.2, 0) is 4.79 Å². The molecule has 2 unspecified atom stereocenters. The van der Waals surface area contributed by atoms with Crippen molar-refractivity contribution < 1.29 is 9.59 Å². The lowest BCUT2D eigenvalue weighted by molar-refractivity contribution is -0.117. The summed E-state index contributed by atoms with van der Waals surface area (Å²) in [5.74, 6) is 0.229. The van der Waals surface area contributed by atoms with Gasteiger partial charge in [0, 0.05) is 31.2 Å². The first-order valence-electron chi connectivity index (χ1n) is 8.12. The van der Waals surface area contributed by atoms with Crippen LogP contribution in [0.3, 0.4) is 0 Å². The van der Waals surface area contributed by atoms with Crippen molar-refractivity contribution in [3.8, 4) is 0 Å². The minimum atomic E-state index is -0.238. The maximum atomic E-state index is 12.2. The van der Waals surface area contributed by atoms with Crippen molar-refractivity contribution in [1.82, 2.24) is 10.6 Å². The van der Waals surface area contributed by atoms with Crippen molar-refractivity contribution in [2.75, 3.05) is 12.4 Å². The molecule has 2 aliphatic heterocycles. The molecule has 2 saturated heterocycles. The highest BCUT2D eigenvalue weighted by Crippen LogP contribution is 2.33. The SMILES string of the molecule is CNC(=O)c1ccc(NC(=O)CC2CC3CCC(C2)N3)cc1Cl.Cl. The zero-order chi connectivity index (χ0) is 16.4. The van der Waals surface area contributed by atoms with E-state index in [9.17, 15) is 9.59 Å². The van der Waals surface area contributed by atoms with Crippen LogP contribution in [0.5, 0.6) is 0 Å². The lowest BCUT2D eigenvalue weighted by atomic mass is 9.89. The number of benzene rings is 1. The Bertz CT molecular complexity index is 612. The van der Waals surface area contributed by atoms with Gasteiger partial charge in [0.05, 0.1) is 10.6 Å². The first-order valence-corrected chi connectivity index (χ1v) is 8.50. The lowest BCUT2D eigenvalue weighted by Gasteiger charge is -2.28. The van der Waals surface area contributed by atoms with Crippen molar-refractivity contribution in [3.05, 3.63) is 28.8 Å². The van der Waals surface area contributed by atoms with E-state index in [4.69, 9.17) is 11.6 Å². The molecule has 5 nitrogen and oxygen atoms in total. The number of hydrogen-bond donors (Lipinski definition) is 3. The lowest BCUT2D eigenvalue weighted by Crippen LogP contribution is -2.39. The van der Waals surface area contributed by atoms with E-state index < -0.39 is 0 Å². The average molecular weight is 372 g/mol. The Balaban J connectivity index is 0.00000208. The zero-order valence-electron chi connectivity index (χ0n) is 13.6. The number of halogens is 2. The predicted molar refractivity (Wildman–Crippen MR) is 98.0 cm³/mol. The average Bonchev–Trinajstić information content (AvgIpc) is 2.85. The van der Waals surface area contributed by atoms with E-state index in [1.54, 1.807) is 25.2 Å². The highest BCUT2D eigenvalue weighted by molar-refractivity contribution is 6.34. The van der Waals surface area contributed by atoms with Crippen molar-refractivity contribution in [2.45, 2.75) is 44.2 Å². The first kappa shape index (κ1) is 19.0. The van der Waals surface area contributed by atoms with Crippen LogP contribution in [0.15, 0.2) is 18.2 Å². The Kier molecular flexibility index (Phi) is 6.49. The monoisotopic (exact) mass is 371 g/mol. The van der Waals surface area contributed by atoms with Crippen molar-refractivity contribution in [2.24, 2.45) is 5.92 Å². The van der Waals surface area contributed by atoms with Crippen molar-refractivity contribution >= 4 is 41.5 Å². The van der Waals surface area contributed by atoms with Crippen molar-refractivity contribution in [1.29, 1.82) is 0 Å². The topological polar surface area (TPSA) is 70.2 Å². The number of carbonyl (C=O) groups is 2. The summed E-state index contributed by atoms with van der Waals surface area (Å²) in [5.41, 5.74) is 1.03. The van der Waals surface area contributed by atoms with Gasteiger partial charge in [0.1, 0.15) is 0 Å². The summed E-state index contributed by atoms with van der Waals surface area (Å²) in [4.78, 5) is 23.9. The third-order valence-corrected chi connectivity index (χ3v) is 5.08. The molecule has 3 rings (SSSR count). The van der Waals surface area contributed by atoms with E-state index in [1.165, 1.54) is 12.8 Å². The first-order chi connectivity index (χ1) is 11.0. The third kappa shape index (κ3) is 4.41. The molecule has 0 saturated carbocycles. The van der Waals surface area contributed by atoms with Gasteiger partial charge >= 0.3 is 0 Å². The number of fused-ring (bicyclic) bond motifs is 2. The standard InChI is InChI=1S/C17H22ClN3O2.ClH/c1-19-17(23)14-5-4-13(9-15(14)18)21-16(22)8-10-6-11-2-3-12(7-10)20-11;/h4-5,9-12,20H,2-3,6-8H2,1H3,(H,19,23)(H,21,22);1H. The van der Waals surface area contributed by atoms with Gasteiger partial charge in [0.25, 0.3) is 5.91 Å². The number of anilines is 1. The summed E-state index contributed by atoms with van der Waals surface area (Å²) < 4.78 is 0. The van der Waals surface area contributed by atoms with Gasteiger partial charge < -0.3 is 16.0 Å². The number of piperidine rings is 1. The van der Waals surface area contributed by atoms with Crippen LogP contribution in [0.1, 0.15) is 42.5 Å². The molecule has 0 radical (unpaired) electrons. The van der Waals surface area contributed by atoms with Gasteiger partial charge in [-0.25, -0.2) is 0 Å². The second-order valence-corrected chi connectivity index (χ2v) is 6.91. The fourth-order valence-electron chi connectivity index (χ4n) is 3.73. The molecule has 2 atom stereocenters. The minimum absolute atomic E-state index is 0. The largest absolute Gasteiger partial charge is 0.355 e. The summed E-state index contributed by atoms with van der Waals surface area (Å²) in [5, 5.41) is 9.34. The Morgan fingerprint density at radius 3 is 2.50 bits per heavy atom. The summed E-state index contributed by atoms with van der Waals surface area (Å²) in [7, 11) is 1.56. The van der Waals surface area contributed by atoms with Crippen LogP contribution in [0.2, 0.25) is 5.02 Å². The third-order valence-electron chi connectivity index (χ3n) is 4.77. The highest BCUT2D eigenvalue weighted by atomic mass is 35.5. The van der Waals surface area contributed by atoms with E-state index in [1.807, 2.05) is 0 Å². The van der Waals surface area contributed by atoms with Gasteiger partial charge in [0.15, 0.2) is 0 Å². The smallest absolute Gasteiger partial charge is 0.252 e. The van der Waals surface area contributed by atoms with Crippen LogP contribution >= 0.6 is 24.0 Å². The molecule has 0 aliphatic carbocycles. The van der Waals surface area contributed by atoms with Gasteiger partial charge in [0.2, 0.25) is 5.91 Å². The second kappa shape index (κ2) is 8.19. The molecule has 2 fully saturated rings. The van der Waals surface area contributed by atoms with Crippen LogP contribution in [0, 0.1) is 5.92 Å². The molecule has 3 N–H and O–H groups in total. The van der Waals surface area contributed by atoms with Crippen LogP contribution in [0.4, 0.5) is 5.69 Å². The number of carbonyl (C=O) groups excluding carboxylic acids is 2. The Morgan fingerprint density at radius 2 is 1.92 bits per heavy atom. The van der Waals surface area contributed by atoms with Crippen LogP contribution in [0.25, 0.3) is 0 Å². The van der Waals surface area contributed by atoms with Gasteiger partial charge in [-0.2, -0.15) is 0 Å². The summed E-state index contributed by atoms with van der Waals surface area (Å²) in [6.07, 6.45) is 5.18. The predicted octanol–water partition coefficient (Wildman–Crippen LogP) is 2.98. The molecule has 24 heavy (non-hydrogen) atoms. The van der Waals surface area contributed by atoms with Gasteiger partial charge in [-0.15, -0.1) is 12.4 Å². The Labute approximate surface area is 153 Å². The Hall–Kier alpha value is -1.30. The number of nitrogens with one attached hydrogen (secondary N) is 3. The molecule has 2 amide bonds. The van der Waals surface area contributed by atoms with E-state index in [-0.39, 0.29) is 24.2 Å². The fraction of sp³-hybridized carbons (Fsp3) is 0.529. The zero-order valence-corrected chi connectivity index (χ0v) is 15.2. The van der Waals surface area contributed by atoms with Crippen LogP contribution in [-0.4, -0.2) is 30.9 Å². The fourth-order valence-corrected chi connectivity index (χ4v) is 3.99. The minimum Gasteiger partial charge on any atom is -0.355 e. The molecule has 2 bridgehead atoms. The summed E-state index contributed by atoms with van der Waals surface area (Å²) in [6.45, 7) is 0. The molecule has 0 spiro atoms. The molecular formula is C17H23Cl2N3O2. The normalized spacial score (nSPS) is 24.8. The maximum absolute atomic E-state index is 12.2. The second-order valence-electron chi connectivity index (χ2n) is 6.50.